The lowest BCUT2D eigenvalue weighted by atomic mass is 9.95. The Hall–Kier alpha value is -1.55. The smallest absolute Gasteiger partial charge is 0.240 e. The Bertz CT molecular complexity index is 323. The van der Waals surface area contributed by atoms with Crippen LogP contribution in [0, 0.1) is 40.4 Å². The van der Waals surface area contributed by atoms with Crippen molar-refractivity contribution in [3.05, 3.63) is 0 Å². The SMILES string of the molecule is CC(C)CN(CCC#N)C(=O)C(C#N)C(C)C. The quantitative estimate of drug-likeness (QED) is 0.708. The van der Waals surface area contributed by atoms with Gasteiger partial charge in [-0.25, -0.2) is 0 Å². The average molecular weight is 235 g/mol. The lowest BCUT2D eigenvalue weighted by Gasteiger charge is -2.27. The molecule has 0 spiro atoms. The number of nitrogens with zero attached hydrogens (tertiary/aromatic N) is 3. The molecule has 0 aromatic carbocycles. The molecule has 0 saturated heterocycles. The third-order valence-electron chi connectivity index (χ3n) is 2.46. The van der Waals surface area contributed by atoms with Crippen LogP contribution in [0.3, 0.4) is 0 Å². The van der Waals surface area contributed by atoms with Gasteiger partial charge in [0.25, 0.3) is 0 Å². The monoisotopic (exact) mass is 235 g/mol. The summed E-state index contributed by atoms with van der Waals surface area (Å²) < 4.78 is 0. The summed E-state index contributed by atoms with van der Waals surface area (Å²) in [6, 6.07) is 4.09. The molecule has 4 nitrogen and oxygen atoms in total. The molecule has 1 atom stereocenters. The number of carbonyl (C=O) groups excluding carboxylic acids is 1. The molecular weight excluding hydrogens is 214 g/mol. The average Bonchev–Trinajstić information content (AvgIpc) is 2.23. The van der Waals surface area contributed by atoms with Crippen LogP contribution >= 0.6 is 0 Å². The van der Waals surface area contributed by atoms with Gasteiger partial charge in [0.1, 0.15) is 5.92 Å². The highest BCUT2D eigenvalue weighted by molar-refractivity contribution is 5.81. The highest BCUT2D eigenvalue weighted by atomic mass is 16.2. The van der Waals surface area contributed by atoms with Gasteiger partial charge in [-0.3, -0.25) is 4.79 Å². The first-order valence-electron chi connectivity index (χ1n) is 5.99. The molecule has 94 valence electrons. The molecule has 0 aromatic heterocycles. The zero-order valence-corrected chi connectivity index (χ0v) is 11.1. The van der Waals surface area contributed by atoms with E-state index in [1.807, 2.05) is 33.8 Å². The molecule has 0 heterocycles. The molecule has 1 amide bonds. The van der Waals surface area contributed by atoms with Crippen molar-refractivity contribution in [2.24, 2.45) is 17.8 Å². The standard InChI is InChI=1S/C13H21N3O/c1-10(2)9-16(7-5-6-14)13(17)12(8-15)11(3)4/h10-12H,5,7,9H2,1-4H3. The van der Waals surface area contributed by atoms with Crippen LogP contribution in [0.4, 0.5) is 0 Å². The number of rotatable bonds is 6. The van der Waals surface area contributed by atoms with Crippen molar-refractivity contribution >= 4 is 5.91 Å². The van der Waals surface area contributed by atoms with Gasteiger partial charge < -0.3 is 4.90 Å². The van der Waals surface area contributed by atoms with Crippen LogP contribution < -0.4 is 0 Å². The van der Waals surface area contributed by atoms with E-state index in [0.717, 1.165) is 0 Å². The Balaban J connectivity index is 4.73. The number of amides is 1. The molecule has 0 aromatic rings. The highest BCUT2D eigenvalue weighted by Gasteiger charge is 2.26. The first kappa shape index (κ1) is 15.4. The van der Waals surface area contributed by atoms with Crippen LogP contribution in [-0.4, -0.2) is 23.9 Å². The van der Waals surface area contributed by atoms with E-state index in [4.69, 9.17) is 10.5 Å². The number of carbonyl (C=O) groups is 1. The number of nitriles is 2. The minimum absolute atomic E-state index is 0.00393. The van der Waals surface area contributed by atoms with Gasteiger partial charge >= 0.3 is 0 Å². The summed E-state index contributed by atoms with van der Waals surface area (Å²) in [6.45, 7) is 8.78. The van der Waals surface area contributed by atoms with Gasteiger partial charge in [-0.1, -0.05) is 27.7 Å². The van der Waals surface area contributed by atoms with Crippen molar-refractivity contribution < 1.29 is 4.79 Å². The summed E-state index contributed by atoms with van der Waals surface area (Å²) in [6.07, 6.45) is 0.314. The van der Waals surface area contributed by atoms with E-state index >= 15 is 0 Å². The molecule has 17 heavy (non-hydrogen) atoms. The van der Waals surface area contributed by atoms with Crippen LogP contribution in [0.1, 0.15) is 34.1 Å². The van der Waals surface area contributed by atoms with Crippen LogP contribution in [-0.2, 0) is 4.79 Å². The van der Waals surface area contributed by atoms with Gasteiger partial charge in [-0.05, 0) is 11.8 Å². The van der Waals surface area contributed by atoms with Crippen LogP contribution in [0.2, 0.25) is 0 Å². The molecule has 4 heteroatoms. The minimum Gasteiger partial charge on any atom is -0.340 e. The first-order chi connectivity index (χ1) is 7.93. The van der Waals surface area contributed by atoms with Crippen molar-refractivity contribution in [2.75, 3.05) is 13.1 Å². The minimum atomic E-state index is -0.604. The topological polar surface area (TPSA) is 67.9 Å². The summed E-state index contributed by atoms with van der Waals surface area (Å²) in [4.78, 5) is 13.8. The molecule has 0 radical (unpaired) electrons. The second-order valence-corrected chi connectivity index (χ2v) is 4.94. The summed E-state index contributed by atoms with van der Waals surface area (Å²) in [7, 11) is 0. The second kappa shape index (κ2) is 7.68. The molecule has 0 N–H and O–H groups in total. The predicted molar refractivity (Wildman–Crippen MR) is 65.6 cm³/mol. The molecule has 0 saturated carbocycles. The van der Waals surface area contributed by atoms with Crippen molar-refractivity contribution in [1.82, 2.24) is 4.90 Å². The highest BCUT2D eigenvalue weighted by Crippen LogP contribution is 2.14. The van der Waals surface area contributed by atoms with Gasteiger partial charge in [0.05, 0.1) is 18.6 Å². The van der Waals surface area contributed by atoms with Crippen LogP contribution in [0.25, 0.3) is 0 Å². The number of hydrogen-bond acceptors (Lipinski definition) is 3. The third-order valence-corrected chi connectivity index (χ3v) is 2.46. The number of hydrogen-bond donors (Lipinski definition) is 0. The Kier molecular flexibility index (Phi) is 6.98. The Morgan fingerprint density at radius 3 is 2.18 bits per heavy atom. The zero-order valence-electron chi connectivity index (χ0n) is 11.1. The van der Waals surface area contributed by atoms with E-state index in [1.165, 1.54) is 0 Å². The lowest BCUT2D eigenvalue weighted by molar-refractivity contribution is -0.135. The van der Waals surface area contributed by atoms with Crippen molar-refractivity contribution in [3.63, 3.8) is 0 Å². The maximum absolute atomic E-state index is 12.2. The van der Waals surface area contributed by atoms with Gasteiger partial charge in [0.15, 0.2) is 0 Å². The van der Waals surface area contributed by atoms with Gasteiger partial charge in [0, 0.05) is 13.1 Å². The van der Waals surface area contributed by atoms with E-state index < -0.39 is 5.92 Å². The largest absolute Gasteiger partial charge is 0.340 e. The maximum atomic E-state index is 12.2. The first-order valence-corrected chi connectivity index (χ1v) is 5.99. The molecule has 0 rings (SSSR count). The van der Waals surface area contributed by atoms with E-state index in [9.17, 15) is 4.79 Å². The maximum Gasteiger partial charge on any atom is 0.240 e. The van der Waals surface area contributed by atoms with E-state index in [1.54, 1.807) is 4.90 Å². The van der Waals surface area contributed by atoms with E-state index in [0.29, 0.717) is 25.4 Å². The zero-order chi connectivity index (χ0) is 13.4. The van der Waals surface area contributed by atoms with Crippen molar-refractivity contribution in [1.29, 1.82) is 10.5 Å². The molecule has 0 bridgehead atoms. The summed E-state index contributed by atoms with van der Waals surface area (Å²) in [5.74, 6) is -0.410. The summed E-state index contributed by atoms with van der Waals surface area (Å²) in [5.41, 5.74) is 0. The van der Waals surface area contributed by atoms with E-state index in [2.05, 4.69) is 6.07 Å². The molecule has 0 aliphatic rings. The van der Waals surface area contributed by atoms with Gasteiger partial charge in [-0.15, -0.1) is 0 Å². The Morgan fingerprint density at radius 1 is 1.24 bits per heavy atom. The Labute approximate surface area is 104 Å². The fourth-order valence-corrected chi connectivity index (χ4v) is 1.60. The molecule has 0 aliphatic heterocycles. The predicted octanol–water partition coefficient (Wildman–Crippen LogP) is 2.18. The summed E-state index contributed by atoms with van der Waals surface area (Å²) in [5, 5.41) is 17.6. The van der Waals surface area contributed by atoms with Crippen molar-refractivity contribution in [3.8, 4) is 12.1 Å². The lowest BCUT2D eigenvalue weighted by Crippen LogP contribution is -2.40. The fraction of sp³-hybridized carbons (Fsp3) is 0.769. The van der Waals surface area contributed by atoms with Crippen LogP contribution in [0.15, 0.2) is 0 Å². The second-order valence-electron chi connectivity index (χ2n) is 4.94. The van der Waals surface area contributed by atoms with E-state index in [-0.39, 0.29) is 11.8 Å². The normalized spacial score (nSPS) is 12.0. The van der Waals surface area contributed by atoms with Gasteiger partial charge in [-0.2, -0.15) is 10.5 Å². The molecule has 1 unspecified atom stereocenters. The molecular formula is C13H21N3O. The van der Waals surface area contributed by atoms with Crippen molar-refractivity contribution in [2.45, 2.75) is 34.1 Å². The third kappa shape index (κ3) is 5.36. The summed E-state index contributed by atoms with van der Waals surface area (Å²) >= 11 is 0. The van der Waals surface area contributed by atoms with Gasteiger partial charge in [0.2, 0.25) is 5.91 Å². The fourth-order valence-electron chi connectivity index (χ4n) is 1.60. The molecule has 0 aliphatic carbocycles. The van der Waals surface area contributed by atoms with Crippen LogP contribution in [0.5, 0.6) is 0 Å². The Morgan fingerprint density at radius 2 is 1.82 bits per heavy atom. The molecule has 0 fully saturated rings.